The average Bonchev–Trinajstić information content (AvgIpc) is 2.67. The minimum Gasteiger partial charge on any atom is -0.497 e. The van der Waals surface area contributed by atoms with Crippen LogP contribution in [0.5, 0.6) is 5.75 Å². The smallest absolute Gasteiger partial charge is 0.119 e. The first-order valence-electron chi connectivity index (χ1n) is 6.24. The van der Waals surface area contributed by atoms with Crippen molar-refractivity contribution < 1.29 is 4.74 Å². The second kappa shape index (κ2) is 4.57. The molecule has 1 aromatic carbocycles. The fourth-order valence-corrected chi connectivity index (χ4v) is 2.57. The lowest BCUT2D eigenvalue weighted by Gasteiger charge is -2.25. The van der Waals surface area contributed by atoms with Crippen LogP contribution in [0.25, 0.3) is 0 Å². The van der Waals surface area contributed by atoms with Gasteiger partial charge in [-0.15, -0.1) is 0 Å². The van der Waals surface area contributed by atoms with Gasteiger partial charge in [0.2, 0.25) is 0 Å². The highest BCUT2D eigenvalue weighted by Crippen LogP contribution is 2.40. The molecule has 1 aromatic rings. The lowest BCUT2D eigenvalue weighted by Crippen LogP contribution is -2.33. The molecule has 94 valence electrons. The van der Waals surface area contributed by atoms with Gasteiger partial charge in [-0.2, -0.15) is 0 Å². The van der Waals surface area contributed by atoms with Crippen LogP contribution in [0.4, 0.5) is 5.69 Å². The summed E-state index contributed by atoms with van der Waals surface area (Å²) in [4.78, 5) is 2.42. The number of fused-ring (bicyclic) bond motifs is 1. The molecular formula is C14H22N2O. The van der Waals surface area contributed by atoms with Crippen molar-refractivity contribution in [3.05, 3.63) is 23.8 Å². The summed E-state index contributed by atoms with van der Waals surface area (Å²) >= 11 is 0. The summed E-state index contributed by atoms with van der Waals surface area (Å²) in [5.41, 5.74) is 8.73. The van der Waals surface area contributed by atoms with E-state index in [9.17, 15) is 0 Å². The molecule has 1 heterocycles. The summed E-state index contributed by atoms with van der Waals surface area (Å²) < 4.78 is 5.30. The molecule has 0 saturated heterocycles. The van der Waals surface area contributed by atoms with Crippen LogP contribution in [-0.4, -0.2) is 25.7 Å². The number of benzene rings is 1. The van der Waals surface area contributed by atoms with Crippen LogP contribution in [0.15, 0.2) is 18.2 Å². The second-order valence-electron chi connectivity index (χ2n) is 5.14. The molecule has 0 amide bonds. The summed E-state index contributed by atoms with van der Waals surface area (Å²) in [6.07, 6.45) is 0. The van der Waals surface area contributed by atoms with Gasteiger partial charge in [0.15, 0.2) is 0 Å². The molecule has 3 nitrogen and oxygen atoms in total. The van der Waals surface area contributed by atoms with Gasteiger partial charge in [-0.1, -0.05) is 0 Å². The quantitative estimate of drug-likeness (QED) is 0.872. The van der Waals surface area contributed by atoms with Crippen molar-refractivity contribution in [3.63, 3.8) is 0 Å². The van der Waals surface area contributed by atoms with Crippen molar-refractivity contribution in [2.24, 2.45) is 5.73 Å². The maximum absolute atomic E-state index is 6.10. The zero-order valence-electron chi connectivity index (χ0n) is 11.1. The van der Waals surface area contributed by atoms with Gasteiger partial charge in [0, 0.05) is 30.2 Å². The lowest BCUT2D eigenvalue weighted by atomic mass is 9.95. The number of anilines is 1. The molecule has 17 heavy (non-hydrogen) atoms. The van der Waals surface area contributed by atoms with Gasteiger partial charge < -0.3 is 15.4 Å². The average molecular weight is 234 g/mol. The van der Waals surface area contributed by atoms with Crippen LogP contribution in [0, 0.1) is 0 Å². The topological polar surface area (TPSA) is 38.5 Å². The number of rotatable bonds is 3. The standard InChI is InChI=1S/C14H22N2O/c1-9(2)16-8-13(10(3)15)12-7-11(17-4)5-6-14(12)16/h5-7,9-10,13H,8,15H2,1-4H3. The highest BCUT2D eigenvalue weighted by Gasteiger charge is 2.32. The van der Waals surface area contributed by atoms with Crippen molar-refractivity contribution in [2.75, 3.05) is 18.6 Å². The Morgan fingerprint density at radius 1 is 1.35 bits per heavy atom. The van der Waals surface area contributed by atoms with E-state index in [4.69, 9.17) is 10.5 Å². The summed E-state index contributed by atoms with van der Waals surface area (Å²) in [6, 6.07) is 6.98. The van der Waals surface area contributed by atoms with E-state index >= 15 is 0 Å². The molecule has 2 atom stereocenters. The third-order valence-electron chi connectivity index (χ3n) is 3.60. The molecule has 0 saturated carbocycles. The number of methoxy groups -OCH3 is 1. The third-order valence-corrected chi connectivity index (χ3v) is 3.60. The van der Waals surface area contributed by atoms with Crippen LogP contribution in [0.1, 0.15) is 32.3 Å². The molecule has 0 bridgehead atoms. The Hall–Kier alpha value is -1.22. The van der Waals surface area contributed by atoms with Gasteiger partial charge >= 0.3 is 0 Å². The first-order chi connectivity index (χ1) is 8.04. The Bertz CT molecular complexity index is 401. The number of ether oxygens (including phenoxy) is 1. The number of hydrogen-bond acceptors (Lipinski definition) is 3. The van der Waals surface area contributed by atoms with E-state index in [2.05, 4.69) is 37.8 Å². The van der Waals surface area contributed by atoms with Crippen LogP contribution in [-0.2, 0) is 0 Å². The normalized spacial score (nSPS) is 20.6. The van der Waals surface area contributed by atoms with Crippen LogP contribution >= 0.6 is 0 Å². The van der Waals surface area contributed by atoms with Crippen LogP contribution < -0.4 is 15.4 Å². The highest BCUT2D eigenvalue weighted by atomic mass is 16.5. The minimum atomic E-state index is 0.171. The Morgan fingerprint density at radius 3 is 2.59 bits per heavy atom. The molecule has 0 spiro atoms. The Morgan fingerprint density at radius 2 is 2.06 bits per heavy atom. The van der Waals surface area contributed by atoms with E-state index in [1.165, 1.54) is 11.3 Å². The van der Waals surface area contributed by atoms with Crippen molar-refractivity contribution in [2.45, 2.75) is 38.8 Å². The second-order valence-corrected chi connectivity index (χ2v) is 5.14. The van der Waals surface area contributed by atoms with Gasteiger partial charge in [0.1, 0.15) is 5.75 Å². The van der Waals surface area contributed by atoms with Gasteiger partial charge in [-0.05, 0) is 44.5 Å². The third kappa shape index (κ3) is 2.12. The van der Waals surface area contributed by atoms with Gasteiger partial charge in [0.25, 0.3) is 0 Å². The zero-order valence-corrected chi connectivity index (χ0v) is 11.1. The molecule has 1 aliphatic heterocycles. The highest BCUT2D eigenvalue weighted by molar-refractivity contribution is 5.63. The van der Waals surface area contributed by atoms with E-state index < -0.39 is 0 Å². The molecular weight excluding hydrogens is 212 g/mol. The Labute approximate surface area is 104 Å². The first kappa shape index (κ1) is 12.2. The van der Waals surface area contributed by atoms with E-state index in [1.54, 1.807) is 7.11 Å². The van der Waals surface area contributed by atoms with Crippen molar-refractivity contribution in [3.8, 4) is 5.75 Å². The van der Waals surface area contributed by atoms with Crippen LogP contribution in [0.3, 0.4) is 0 Å². The predicted octanol–water partition coefficient (Wildman–Crippen LogP) is 2.35. The maximum atomic E-state index is 6.10. The molecule has 3 heteroatoms. The summed E-state index contributed by atoms with van der Waals surface area (Å²) in [5, 5.41) is 0. The number of nitrogens with two attached hydrogens (primary N) is 1. The van der Waals surface area contributed by atoms with Gasteiger partial charge in [-0.3, -0.25) is 0 Å². The van der Waals surface area contributed by atoms with Crippen molar-refractivity contribution in [1.82, 2.24) is 0 Å². The monoisotopic (exact) mass is 234 g/mol. The molecule has 2 unspecified atom stereocenters. The maximum Gasteiger partial charge on any atom is 0.119 e. The minimum absolute atomic E-state index is 0.171. The van der Waals surface area contributed by atoms with E-state index in [0.717, 1.165) is 12.3 Å². The Kier molecular flexibility index (Phi) is 3.29. The van der Waals surface area contributed by atoms with Gasteiger partial charge in [-0.25, -0.2) is 0 Å². The molecule has 1 aliphatic rings. The number of nitrogens with zero attached hydrogens (tertiary/aromatic N) is 1. The number of hydrogen-bond donors (Lipinski definition) is 1. The SMILES string of the molecule is COc1ccc2c(c1)C(C(C)N)CN2C(C)C. The molecule has 0 fully saturated rings. The molecule has 0 aromatic heterocycles. The van der Waals surface area contributed by atoms with E-state index in [-0.39, 0.29) is 6.04 Å². The summed E-state index contributed by atoms with van der Waals surface area (Å²) in [6.45, 7) is 7.53. The van der Waals surface area contributed by atoms with E-state index in [1.807, 2.05) is 6.07 Å². The zero-order chi connectivity index (χ0) is 12.6. The molecule has 2 rings (SSSR count). The summed E-state index contributed by atoms with van der Waals surface area (Å²) in [5.74, 6) is 1.32. The van der Waals surface area contributed by atoms with Crippen molar-refractivity contribution >= 4 is 5.69 Å². The molecule has 0 aliphatic carbocycles. The fraction of sp³-hybridized carbons (Fsp3) is 0.571. The van der Waals surface area contributed by atoms with Crippen LogP contribution in [0.2, 0.25) is 0 Å². The summed E-state index contributed by atoms with van der Waals surface area (Å²) in [7, 11) is 1.71. The Balaban J connectivity index is 2.43. The first-order valence-corrected chi connectivity index (χ1v) is 6.24. The predicted molar refractivity (Wildman–Crippen MR) is 71.9 cm³/mol. The molecule has 2 N–H and O–H groups in total. The molecule has 0 radical (unpaired) electrons. The van der Waals surface area contributed by atoms with Crippen molar-refractivity contribution in [1.29, 1.82) is 0 Å². The van der Waals surface area contributed by atoms with E-state index in [0.29, 0.717) is 12.0 Å². The largest absolute Gasteiger partial charge is 0.497 e. The van der Waals surface area contributed by atoms with Gasteiger partial charge in [0.05, 0.1) is 7.11 Å². The lowest BCUT2D eigenvalue weighted by molar-refractivity contribution is 0.414. The fourth-order valence-electron chi connectivity index (χ4n) is 2.57.